The number of carboxylic acids is 1. The van der Waals surface area contributed by atoms with Crippen molar-refractivity contribution in [3.63, 3.8) is 0 Å². The van der Waals surface area contributed by atoms with Crippen molar-refractivity contribution in [1.82, 2.24) is 5.32 Å². The highest BCUT2D eigenvalue weighted by Gasteiger charge is 2.24. The summed E-state index contributed by atoms with van der Waals surface area (Å²) in [7, 11) is 0. The number of hydrogen-bond acceptors (Lipinski definition) is 3. The molecule has 0 spiro atoms. The molecule has 4 nitrogen and oxygen atoms in total. The van der Waals surface area contributed by atoms with Gasteiger partial charge in [0.2, 0.25) is 0 Å². The highest BCUT2D eigenvalue weighted by Crippen LogP contribution is 2.17. The van der Waals surface area contributed by atoms with Gasteiger partial charge in [-0.1, -0.05) is 44.2 Å². The van der Waals surface area contributed by atoms with Crippen molar-refractivity contribution in [2.75, 3.05) is 6.61 Å². The van der Waals surface area contributed by atoms with Crippen LogP contribution in [-0.2, 0) is 4.79 Å². The Bertz CT molecular complexity index is 365. The van der Waals surface area contributed by atoms with E-state index in [1.54, 1.807) is 12.1 Å². The average molecular weight is 251 g/mol. The van der Waals surface area contributed by atoms with Crippen molar-refractivity contribution in [3.05, 3.63) is 35.9 Å². The van der Waals surface area contributed by atoms with E-state index >= 15 is 0 Å². The highest BCUT2D eigenvalue weighted by molar-refractivity contribution is 5.75. The second kappa shape index (κ2) is 7.13. The predicted molar refractivity (Wildman–Crippen MR) is 70.3 cm³/mol. The van der Waals surface area contributed by atoms with Gasteiger partial charge in [-0.2, -0.15) is 0 Å². The standard InChI is InChI=1S/C14H21NO3/c1-10(2)12(8-9-16)15-13(14(17)18)11-6-4-3-5-7-11/h3-7,10,12-13,15-16H,8-9H2,1-2H3,(H,17,18). The van der Waals surface area contributed by atoms with Crippen LogP contribution in [0.15, 0.2) is 30.3 Å². The molecule has 0 saturated heterocycles. The Hall–Kier alpha value is -1.39. The first-order chi connectivity index (χ1) is 8.56. The first-order valence-electron chi connectivity index (χ1n) is 6.21. The molecule has 4 heteroatoms. The SMILES string of the molecule is CC(C)C(CCO)NC(C(=O)O)c1ccccc1. The molecule has 1 aromatic rings. The van der Waals surface area contributed by atoms with Crippen LogP contribution in [0.3, 0.4) is 0 Å². The van der Waals surface area contributed by atoms with Gasteiger partial charge in [-0.25, -0.2) is 0 Å². The number of benzene rings is 1. The van der Waals surface area contributed by atoms with Crippen LogP contribution in [0.4, 0.5) is 0 Å². The van der Waals surface area contributed by atoms with Gasteiger partial charge in [0.15, 0.2) is 0 Å². The van der Waals surface area contributed by atoms with E-state index in [1.165, 1.54) is 0 Å². The first-order valence-corrected chi connectivity index (χ1v) is 6.21. The van der Waals surface area contributed by atoms with Crippen LogP contribution in [0.1, 0.15) is 31.9 Å². The van der Waals surface area contributed by atoms with E-state index in [4.69, 9.17) is 5.11 Å². The van der Waals surface area contributed by atoms with Gasteiger partial charge in [-0.3, -0.25) is 10.1 Å². The minimum atomic E-state index is -0.898. The number of nitrogens with one attached hydrogen (secondary N) is 1. The molecule has 1 rings (SSSR count). The molecule has 100 valence electrons. The number of aliphatic carboxylic acids is 1. The van der Waals surface area contributed by atoms with E-state index < -0.39 is 12.0 Å². The number of carboxylic acid groups (broad SMARTS) is 1. The van der Waals surface area contributed by atoms with Gasteiger partial charge in [-0.05, 0) is 17.9 Å². The molecule has 18 heavy (non-hydrogen) atoms. The van der Waals surface area contributed by atoms with E-state index in [-0.39, 0.29) is 18.6 Å². The Balaban J connectivity index is 2.83. The lowest BCUT2D eigenvalue weighted by Crippen LogP contribution is -2.40. The second-order valence-corrected chi connectivity index (χ2v) is 4.71. The summed E-state index contributed by atoms with van der Waals surface area (Å²) >= 11 is 0. The predicted octanol–water partition coefficient (Wildman–Crippen LogP) is 1.81. The number of rotatable bonds is 7. The molecule has 0 aliphatic heterocycles. The maximum absolute atomic E-state index is 11.3. The molecule has 2 unspecified atom stereocenters. The Kier molecular flexibility index (Phi) is 5.82. The normalized spacial score (nSPS) is 14.4. The molecule has 1 aromatic carbocycles. The minimum absolute atomic E-state index is 0.0173. The van der Waals surface area contributed by atoms with E-state index in [2.05, 4.69) is 5.32 Å². The molecule has 0 fully saturated rings. The monoisotopic (exact) mass is 251 g/mol. The van der Waals surface area contributed by atoms with Crippen LogP contribution in [0.2, 0.25) is 0 Å². The number of aliphatic hydroxyl groups is 1. The lowest BCUT2D eigenvalue weighted by atomic mass is 9.98. The lowest BCUT2D eigenvalue weighted by Gasteiger charge is -2.26. The smallest absolute Gasteiger partial charge is 0.325 e. The van der Waals surface area contributed by atoms with Crippen molar-refractivity contribution in [3.8, 4) is 0 Å². The lowest BCUT2D eigenvalue weighted by molar-refractivity contribution is -0.140. The van der Waals surface area contributed by atoms with Gasteiger partial charge in [0.25, 0.3) is 0 Å². The zero-order valence-electron chi connectivity index (χ0n) is 10.8. The molecule has 0 aliphatic carbocycles. The molecule has 2 atom stereocenters. The largest absolute Gasteiger partial charge is 0.480 e. The molecule has 0 radical (unpaired) electrons. The van der Waals surface area contributed by atoms with Crippen LogP contribution in [0.25, 0.3) is 0 Å². The maximum atomic E-state index is 11.3. The van der Waals surface area contributed by atoms with Crippen LogP contribution in [0.5, 0.6) is 0 Å². The van der Waals surface area contributed by atoms with Gasteiger partial charge in [0.05, 0.1) is 0 Å². The Morgan fingerprint density at radius 3 is 2.33 bits per heavy atom. The molecular weight excluding hydrogens is 230 g/mol. The fourth-order valence-electron chi connectivity index (χ4n) is 1.92. The molecule has 0 heterocycles. The average Bonchev–Trinajstić information content (AvgIpc) is 2.34. The van der Waals surface area contributed by atoms with Gasteiger partial charge in [-0.15, -0.1) is 0 Å². The molecule has 0 amide bonds. The van der Waals surface area contributed by atoms with E-state index in [0.717, 1.165) is 5.56 Å². The minimum Gasteiger partial charge on any atom is -0.480 e. The van der Waals surface area contributed by atoms with Crippen LogP contribution in [-0.4, -0.2) is 28.8 Å². The third-order valence-electron chi connectivity index (χ3n) is 3.01. The summed E-state index contributed by atoms with van der Waals surface area (Å²) in [6.45, 7) is 4.07. The summed E-state index contributed by atoms with van der Waals surface area (Å²) in [5.74, 6) is -0.632. The first kappa shape index (κ1) is 14.7. The summed E-state index contributed by atoms with van der Waals surface area (Å²) in [5, 5.41) is 21.4. The molecule has 0 aliphatic rings. The van der Waals surface area contributed by atoms with Crippen LogP contribution < -0.4 is 5.32 Å². The third-order valence-corrected chi connectivity index (χ3v) is 3.01. The summed E-state index contributed by atoms with van der Waals surface area (Å²) < 4.78 is 0. The Morgan fingerprint density at radius 2 is 1.89 bits per heavy atom. The molecule has 0 aromatic heterocycles. The van der Waals surface area contributed by atoms with Gasteiger partial charge >= 0.3 is 5.97 Å². The summed E-state index contributed by atoms with van der Waals surface area (Å²) in [5.41, 5.74) is 0.730. The number of carbonyl (C=O) groups is 1. The molecular formula is C14H21NO3. The number of aliphatic hydroxyl groups excluding tert-OH is 1. The second-order valence-electron chi connectivity index (χ2n) is 4.71. The quantitative estimate of drug-likeness (QED) is 0.691. The highest BCUT2D eigenvalue weighted by atomic mass is 16.4. The van der Waals surface area contributed by atoms with Gasteiger partial charge in [0.1, 0.15) is 6.04 Å². The fourth-order valence-corrected chi connectivity index (χ4v) is 1.92. The van der Waals surface area contributed by atoms with Crippen molar-refractivity contribution in [2.24, 2.45) is 5.92 Å². The van der Waals surface area contributed by atoms with E-state index in [1.807, 2.05) is 32.0 Å². The zero-order chi connectivity index (χ0) is 13.5. The van der Waals surface area contributed by atoms with Crippen molar-refractivity contribution in [2.45, 2.75) is 32.4 Å². The molecule has 0 bridgehead atoms. The van der Waals surface area contributed by atoms with Crippen molar-refractivity contribution >= 4 is 5.97 Å². The Labute approximate surface area is 108 Å². The third kappa shape index (κ3) is 4.13. The van der Waals surface area contributed by atoms with Crippen molar-refractivity contribution < 1.29 is 15.0 Å². The van der Waals surface area contributed by atoms with Gasteiger partial charge < -0.3 is 10.2 Å². The maximum Gasteiger partial charge on any atom is 0.325 e. The fraction of sp³-hybridized carbons (Fsp3) is 0.500. The van der Waals surface area contributed by atoms with Gasteiger partial charge in [0, 0.05) is 12.6 Å². The van der Waals surface area contributed by atoms with Crippen LogP contribution >= 0.6 is 0 Å². The molecule has 3 N–H and O–H groups in total. The topological polar surface area (TPSA) is 69.6 Å². The molecule has 0 saturated carbocycles. The van der Waals surface area contributed by atoms with E-state index in [0.29, 0.717) is 6.42 Å². The van der Waals surface area contributed by atoms with E-state index in [9.17, 15) is 9.90 Å². The zero-order valence-corrected chi connectivity index (χ0v) is 10.8. The van der Waals surface area contributed by atoms with Crippen molar-refractivity contribution in [1.29, 1.82) is 0 Å². The summed E-state index contributed by atoms with van der Waals surface area (Å²) in [6.07, 6.45) is 0.550. The summed E-state index contributed by atoms with van der Waals surface area (Å²) in [4.78, 5) is 11.3. The Morgan fingerprint density at radius 1 is 1.28 bits per heavy atom. The summed E-state index contributed by atoms with van der Waals surface area (Å²) in [6, 6.07) is 8.34. The van der Waals surface area contributed by atoms with Crippen LogP contribution in [0, 0.1) is 5.92 Å². The number of hydrogen-bond donors (Lipinski definition) is 3.